The number of benzene rings is 1. The van der Waals surface area contributed by atoms with Gasteiger partial charge in [0.25, 0.3) is 0 Å². The highest BCUT2D eigenvalue weighted by molar-refractivity contribution is 7.21. The maximum Gasteiger partial charge on any atom is 0.350 e. The largest absolute Gasteiger partial charge is 0.462 e. The van der Waals surface area contributed by atoms with E-state index in [1.54, 1.807) is 6.92 Å². The van der Waals surface area contributed by atoms with Crippen LogP contribution in [-0.2, 0) is 4.74 Å². The number of para-hydroxylation sites is 1. The van der Waals surface area contributed by atoms with Crippen molar-refractivity contribution >= 4 is 49.8 Å². The van der Waals surface area contributed by atoms with E-state index in [4.69, 9.17) is 10.5 Å². The second kappa shape index (κ2) is 5.21. The second-order valence-electron chi connectivity index (χ2n) is 4.50. The number of ether oxygens (including phenoxy) is 1. The van der Waals surface area contributed by atoms with Crippen LogP contribution in [0.4, 0.5) is 11.4 Å². The minimum Gasteiger partial charge on any atom is -0.462 e. The number of aromatic nitrogens is 1. The molecule has 2 aromatic heterocycles. The number of nitrogens with two attached hydrogens (primary N) is 1. The monoisotopic (exact) mass is 301 g/mol. The van der Waals surface area contributed by atoms with Gasteiger partial charge in [-0.2, -0.15) is 0 Å². The van der Waals surface area contributed by atoms with Crippen molar-refractivity contribution in [2.24, 2.45) is 0 Å². The van der Waals surface area contributed by atoms with E-state index in [9.17, 15) is 4.79 Å². The summed E-state index contributed by atoms with van der Waals surface area (Å²) in [4.78, 5) is 17.7. The van der Waals surface area contributed by atoms with Gasteiger partial charge in [-0.1, -0.05) is 18.2 Å². The molecule has 0 aliphatic heterocycles. The van der Waals surface area contributed by atoms with Crippen LogP contribution in [0, 0.1) is 0 Å². The molecule has 0 atom stereocenters. The minimum atomic E-state index is -0.399. The number of nitrogens with one attached hydrogen (secondary N) is 1. The van der Waals surface area contributed by atoms with Crippen LogP contribution in [-0.4, -0.2) is 24.6 Å². The molecule has 0 aliphatic rings. The number of nitrogens with zero attached hydrogens (tertiary/aromatic N) is 1. The van der Waals surface area contributed by atoms with E-state index in [1.807, 2.05) is 31.3 Å². The van der Waals surface area contributed by atoms with Crippen LogP contribution >= 0.6 is 11.3 Å². The summed E-state index contributed by atoms with van der Waals surface area (Å²) in [6.07, 6.45) is 0. The molecular formula is C15H15N3O2S. The summed E-state index contributed by atoms with van der Waals surface area (Å²) < 4.78 is 5.05. The minimum absolute atomic E-state index is 0.320. The van der Waals surface area contributed by atoms with E-state index in [1.165, 1.54) is 11.3 Å². The van der Waals surface area contributed by atoms with Crippen molar-refractivity contribution in [2.75, 3.05) is 24.7 Å². The van der Waals surface area contributed by atoms with Gasteiger partial charge in [-0.15, -0.1) is 11.3 Å². The van der Waals surface area contributed by atoms with Crippen molar-refractivity contribution in [1.82, 2.24) is 4.98 Å². The number of anilines is 2. The summed E-state index contributed by atoms with van der Waals surface area (Å²) in [6, 6.07) is 7.81. The average Bonchev–Trinajstić information content (AvgIpc) is 2.82. The van der Waals surface area contributed by atoms with E-state index < -0.39 is 5.97 Å². The zero-order valence-electron chi connectivity index (χ0n) is 11.8. The van der Waals surface area contributed by atoms with E-state index >= 15 is 0 Å². The van der Waals surface area contributed by atoms with Gasteiger partial charge in [-0.25, -0.2) is 9.78 Å². The Kier molecular flexibility index (Phi) is 3.39. The van der Waals surface area contributed by atoms with Gasteiger partial charge in [0, 0.05) is 12.4 Å². The van der Waals surface area contributed by atoms with Crippen LogP contribution in [0.15, 0.2) is 24.3 Å². The van der Waals surface area contributed by atoms with E-state index in [2.05, 4.69) is 10.3 Å². The predicted molar refractivity (Wildman–Crippen MR) is 87.0 cm³/mol. The predicted octanol–water partition coefficient (Wildman–Crippen LogP) is 3.25. The molecule has 6 heteroatoms. The Hall–Kier alpha value is -2.34. The molecule has 3 aromatic rings. The van der Waals surface area contributed by atoms with Crippen molar-refractivity contribution in [3.8, 4) is 0 Å². The topological polar surface area (TPSA) is 77.2 Å². The third-order valence-corrected chi connectivity index (χ3v) is 4.36. The first kappa shape index (κ1) is 13.6. The maximum absolute atomic E-state index is 12.0. The average molecular weight is 301 g/mol. The van der Waals surface area contributed by atoms with Gasteiger partial charge >= 0.3 is 5.97 Å². The lowest BCUT2D eigenvalue weighted by Gasteiger charge is -2.08. The number of fused-ring (bicyclic) bond motifs is 2. The fraction of sp³-hybridized carbons (Fsp3) is 0.200. The molecule has 0 unspecified atom stereocenters. The molecular weight excluding hydrogens is 286 g/mol. The lowest BCUT2D eigenvalue weighted by molar-refractivity contribution is 0.0533. The smallest absolute Gasteiger partial charge is 0.350 e. The Labute approximate surface area is 125 Å². The van der Waals surface area contributed by atoms with Crippen LogP contribution in [0.1, 0.15) is 16.6 Å². The summed E-state index contributed by atoms with van der Waals surface area (Å²) in [7, 11) is 1.84. The number of nitrogen functional groups attached to an aromatic ring is 1. The number of carbonyl (C=O) groups excluding carboxylic acids is 1. The van der Waals surface area contributed by atoms with Crippen molar-refractivity contribution in [3.63, 3.8) is 0 Å². The van der Waals surface area contributed by atoms with Crippen molar-refractivity contribution in [1.29, 1.82) is 0 Å². The Morgan fingerprint density at radius 2 is 2.19 bits per heavy atom. The Bertz CT molecular complexity index is 842. The molecule has 3 N–H and O–H groups in total. The molecule has 0 fully saturated rings. The summed E-state index contributed by atoms with van der Waals surface area (Å²) in [5.41, 5.74) is 8.35. The van der Waals surface area contributed by atoms with Crippen LogP contribution < -0.4 is 11.1 Å². The second-order valence-corrected chi connectivity index (χ2v) is 5.50. The number of hydrogen-bond acceptors (Lipinski definition) is 6. The molecule has 3 rings (SSSR count). The third-order valence-electron chi connectivity index (χ3n) is 3.28. The molecule has 1 aromatic carbocycles. The van der Waals surface area contributed by atoms with Crippen LogP contribution in [0.25, 0.3) is 21.1 Å². The van der Waals surface area contributed by atoms with Gasteiger partial charge in [0.05, 0.1) is 28.9 Å². The summed E-state index contributed by atoms with van der Waals surface area (Å²) in [5, 5.41) is 4.93. The fourth-order valence-electron chi connectivity index (χ4n) is 2.39. The number of rotatable bonds is 3. The van der Waals surface area contributed by atoms with Crippen LogP contribution in [0.5, 0.6) is 0 Å². The van der Waals surface area contributed by atoms with Crippen LogP contribution in [0.2, 0.25) is 0 Å². The molecule has 2 heterocycles. The summed E-state index contributed by atoms with van der Waals surface area (Å²) in [5.74, 6) is -0.399. The molecule has 0 amide bonds. The third kappa shape index (κ3) is 2.08. The quantitative estimate of drug-likeness (QED) is 0.726. The van der Waals surface area contributed by atoms with Crippen molar-refractivity contribution < 1.29 is 9.53 Å². The highest BCUT2D eigenvalue weighted by Gasteiger charge is 2.21. The molecule has 21 heavy (non-hydrogen) atoms. The molecule has 5 nitrogen and oxygen atoms in total. The highest BCUT2D eigenvalue weighted by Crippen LogP contribution is 2.41. The number of hydrogen-bond donors (Lipinski definition) is 2. The first-order valence-electron chi connectivity index (χ1n) is 6.63. The van der Waals surface area contributed by atoms with Gasteiger partial charge in [-0.05, 0) is 13.0 Å². The van der Waals surface area contributed by atoms with Gasteiger partial charge in [0.2, 0.25) is 0 Å². The van der Waals surface area contributed by atoms with E-state index in [-0.39, 0.29) is 0 Å². The highest BCUT2D eigenvalue weighted by atomic mass is 32.1. The van der Waals surface area contributed by atoms with E-state index in [0.29, 0.717) is 17.2 Å². The normalized spacial score (nSPS) is 11.0. The lowest BCUT2D eigenvalue weighted by atomic mass is 10.1. The zero-order valence-corrected chi connectivity index (χ0v) is 12.6. The van der Waals surface area contributed by atoms with Gasteiger partial charge < -0.3 is 15.8 Å². The maximum atomic E-state index is 12.0. The van der Waals surface area contributed by atoms with Crippen molar-refractivity contribution in [2.45, 2.75) is 6.92 Å². The van der Waals surface area contributed by atoms with Gasteiger partial charge in [0.15, 0.2) is 0 Å². The lowest BCUT2D eigenvalue weighted by Crippen LogP contribution is -2.05. The fourth-order valence-corrected chi connectivity index (χ4v) is 3.39. The molecule has 0 saturated carbocycles. The summed E-state index contributed by atoms with van der Waals surface area (Å²) >= 11 is 1.27. The Morgan fingerprint density at radius 3 is 2.90 bits per heavy atom. The first-order valence-corrected chi connectivity index (χ1v) is 7.44. The molecule has 0 spiro atoms. The molecule has 0 bridgehead atoms. The molecule has 108 valence electrons. The molecule has 0 aliphatic carbocycles. The summed E-state index contributed by atoms with van der Waals surface area (Å²) in [6.45, 7) is 2.09. The molecule has 0 saturated heterocycles. The Balaban J connectivity index is 2.36. The number of carbonyl (C=O) groups is 1. The number of esters is 1. The SMILES string of the molecule is CCOC(=O)c1sc2nc3ccccc3c(NC)c2c1N. The van der Waals surface area contributed by atoms with Gasteiger partial charge in [0.1, 0.15) is 9.71 Å². The van der Waals surface area contributed by atoms with Gasteiger partial charge in [-0.3, -0.25) is 0 Å². The first-order chi connectivity index (χ1) is 10.2. The molecule has 0 radical (unpaired) electrons. The van der Waals surface area contributed by atoms with Crippen molar-refractivity contribution in [3.05, 3.63) is 29.1 Å². The zero-order chi connectivity index (χ0) is 15.0. The number of pyridine rings is 1. The van der Waals surface area contributed by atoms with E-state index in [0.717, 1.165) is 26.8 Å². The number of thiophene rings is 1. The standard InChI is InChI=1S/C15H15N3O2S/c1-3-20-15(19)13-11(16)10-12(17-2)8-6-4-5-7-9(8)18-14(10)21-13/h4-7H,3,16H2,1-2H3,(H,17,18). The van der Waals surface area contributed by atoms with Crippen LogP contribution in [0.3, 0.4) is 0 Å². The Morgan fingerprint density at radius 1 is 1.43 bits per heavy atom.